The molecule has 0 aliphatic carbocycles. The monoisotopic (exact) mass is 310 g/mol. The summed E-state index contributed by atoms with van der Waals surface area (Å²) in [4.78, 5) is 16.6. The van der Waals surface area contributed by atoms with Gasteiger partial charge in [0.05, 0.1) is 0 Å². The van der Waals surface area contributed by atoms with Crippen LogP contribution >= 0.6 is 11.8 Å². The van der Waals surface area contributed by atoms with Gasteiger partial charge in [-0.15, -0.1) is 0 Å². The molecule has 0 saturated carbocycles. The van der Waals surface area contributed by atoms with Crippen molar-refractivity contribution in [3.63, 3.8) is 0 Å². The first kappa shape index (κ1) is 17.8. The molecule has 0 aromatic carbocycles. The standard InChI is InChI=1S/C15H26N4OS/c1-5-12-8-11(9-13(18-12)19-16)14(20)17-10-15(6-2,7-3)21-4/h8-9H,5-7,10,16H2,1-4H3,(H,17,20)(H,18,19). The number of thioether (sulfide) groups is 1. The number of hydrogen-bond donors (Lipinski definition) is 3. The average molecular weight is 310 g/mol. The zero-order valence-corrected chi connectivity index (χ0v) is 14.1. The van der Waals surface area contributed by atoms with Crippen LogP contribution in [0.3, 0.4) is 0 Å². The molecule has 1 rings (SSSR count). The number of carbonyl (C=O) groups is 1. The summed E-state index contributed by atoms with van der Waals surface area (Å²) in [6.45, 7) is 6.97. The lowest BCUT2D eigenvalue weighted by molar-refractivity contribution is 0.0948. The third kappa shape index (κ3) is 4.61. The molecule has 0 unspecified atom stereocenters. The normalized spacial score (nSPS) is 11.3. The molecule has 5 nitrogen and oxygen atoms in total. The average Bonchev–Trinajstić information content (AvgIpc) is 2.55. The lowest BCUT2D eigenvalue weighted by Gasteiger charge is -2.29. The number of aromatic nitrogens is 1. The number of nitrogen functional groups attached to an aromatic ring is 1. The van der Waals surface area contributed by atoms with Crippen LogP contribution in [0.15, 0.2) is 12.1 Å². The predicted octanol–water partition coefficient (Wildman–Crippen LogP) is 2.58. The number of nitrogens with two attached hydrogens (primary N) is 1. The number of nitrogens with one attached hydrogen (secondary N) is 2. The number of nitrogens with zero attached hydrogens (tertiary/aromatic N) is 1. The van der Waals surface area contributed by atoms with Crippen molar-refractivity contribution in [2.45, 2.75) is 44.8 Å². The molecule has 0 bridgehead atoms. The van der Waals surface area contributed by atoms with Crippen LogP contribution in [-0.4, -0.2) is 28.4 Å². The van der Waals surface area contributed by atoms with Gasteiger partial charge >= 0.3 is 0 Å². The molecule has 118 valence electrons. The van der Waals surface area contributed by atoms with Crippen LogP contribution in [0.4, 0.5) is 5.82 Å². The van der Waals surface area contributed by atoms with E-state index in [1.54, 1.807) is 6.07 Å². The van der Waals surface area contributed by atoms with Crippen molar-refractivity contribution in [3.8, 4) is 0 Å². The minimum atomic E-state index is -0.0797. The van der Waals surface area contributed by atoms with Gasteiger partial charge in [0.1, 0.15) is 5.82 Å². The molecule has 1 aromatic heterocycles. The molecule has 1 aromatic rings. The van der Waals surface area contributed by atoms with E-state index in [1.165, 1.54) is 0 Å². The lowest BCUT2D eigenvalue weighted by atomic mass is 10.0. The second-order valence-corrected chi connectivity index (χ2v) is 6.28. The Hall–Kier alpha value is -1.27. The SMILES string of the molecule is CCc1cc(C(=O)NCC(CC)(CC)SC)cc(NN)n1. The summed E-state index contributed by atoms with van der Waals surface area (Å²) in [5.74, 6) is 5.84. The van der Waals surface area contributed by atoms with Gasteiger partial charge in [0, 0.05) is 22.5 Å². The Balaban J connectivity index is 2.84. The highest BCUT2D eigenvalue weighted by Crippen LogP contribution is 2.29. The summed E-state index contributed by atoms with van der Waals surface area (Å²) in [6.07, 6.45) is 4.90. The fourth-order valence-corrected chi connectivity index (χ4v) is 2.97. The van der Waals surface area contributed by atoms with Gasteiger partial charge in [-0.3, -0.25) is 4.79 Å². The molecule has 0 atom stereocenters. The van der Waals surface area contributed by atoms with E-state index in [9.17, 15) is 4.79 Å². The molecule has 0 saturated heterocycles. The molecule has 1 amide bonds. The molecular formula is C15H26N4OS. The Morgan fingerprint density at radius 3 is 2.48 bits per heavy atom. The predicted molar refractivity (Wildman–Crippen MR) is 90.6 cm³/mol. The van der Waals surface area contributed by atoms with Crippen molar-refractivity contribution in [3.05, 3.63) is 23.4 Å². The molecule has 0 radical (unpaired) electrons. The third-order valence-corrected chi connectivity index (χ3v) is 5.53. The van der Waals surface area contributed by atoms with Gasteiger partial charge in [-0.1, -0.05) is 20.8 Å². The molecule has 4 N–H and O–H groups in total. The first-order chi connectivity index (χ1) is 10.0. The Bertz CT molecular complexity index is 444. The van der Waals surface area contributed by atoms with Gasteiger partial charge < -0.3 is 10.7 Å². The number of rotatable bonds is 8. The zero-order valence-electron chi connectivity index (χ0n) is 13.3. The number of hydrogen-bond acceptors (Lipinski definition) is 5. The first-order valence-electron chi connectivity index (χ1n) is 7.35. The van der Waals surface area contributed by atoms with Gasteiger partial charge in [-0.2, -0.15) is 11.8 Å². The zero-order chi connectivity index (χ0) is 15.9. The minimum Gasteiger partial charge on any atom is -0.351 e. The van der Waals surface area contributed by atoms with Gasteiger partial charge in [-0.25, -0.2) is 10.8 Å². The molecule has 21 heavy (non-hydrogen) atoms. The van der Waals surface area contributed by atoms with Crippen molar-refractivity contribution < 1.29 is 4.79 Å². The van der Waals surface area contributed by atoms with E-state index < -0.39 is 0 Å². The number of aryl methyl sites for hydroxylation is 1. The van der Waals surface area contributed by atoms with Crippen LogP contribution < -0.4 is 16.6 Å². The van der Waals surface area contributed by atoms with E-state index in [1.807, 2.05) is 24.8 Å². The van der Waals surface area contributed by atoms with E-state index in [4.69, 9.17) is 5.84 Å². The van der Waals surface area contributed by atoms with Crippen LogP contribution in [0.2, 0.25) is 0 Å². The maximum absolute atomic E-state index is 12.4. The highest BCUT2D eigenvalue weighted by atomic mass is 32.2. The van der Waals surface area contributed by atoms with Crippen LogP contribution in [-0.2, 0) is 6.42 Å². The smallest absolute Gasteiger partial charge is 0.251 e. The summed E-state index contributed by atoms with van der Waals surface area (Å²) in [6, 6.07) is 3.49. The fraction of sp³-hybridized carbons (Fsp3) is 0.600. The summed E-state index contributed by atoms with van der Waals surface area (Å²) < 4.78 is 0.102. The Morgan fingerprint density at radius 1 is 1.33 bits per heavy atom. The quantitative estimate of drug-likeness (QED) is 0.508. The van der Waals surface area contributed by atoms with Gasteiger partial charge in [0.15, 0.2) is 0 Å². The van der Waals surface area contributed by atoms with E-state index >= 15 is 0 Å². The number of pyridine rings is 1. The van der Waals surface area contributed by atoms with Crippen LogP contribution in [0.25, 0.3) is 0 Å². The molecule has 0 spiro atoms. The number of carbonyl (C=O) groups excluding carboxylic acids is 1. The van der Waals surface area contributed by atoms with Gasteiger partial charge in [-0.05, 0) is 37.7 Å². The summed E-state index contributed by atoms with van der Waals surface area (Å²) >= 11 is 1.81. The summed E-state index contributed by atoms with van der Waals surface area (Å²) in [7, 11) is 0. The van der Waals surface area contributed by atoms with E-state index in [0.29, 0.717) is 17.9 Å². The molecule has 0 aliphatic rings. The Morgan fingerprint density at radius 2 is 2.00 bits per heavy atom. The largest absolute Gasteiger partial charge is 0.351 e. The molecule has 0 fully saturated rings. The third-order valence-electron chi connectivity index (χ3n) is 3.94. The molecule has 6 heteroatoms. The Labute approximate surface area is 131 Å². The number of amides is 1. The van der Waals surface area contributed by atoms with Crippen molar-refractivity contribution >= 4 is 23.5 Å². The molecular weight excluding hydrogens is 284 g/mol. The first-order valence-corrected chi connectivity index (χ1v) is 8.57. The van der Waals surface area contributed by atoms with Gasteiger partial charge in [0.25, 0.3) is 5.91 Å². The second kappa shape index (κ2) is 8.24. The summed E-state index contributed by atoms with van der Waals surface area (Å²) in [5.41, 5.74) is 3.95. The molecule has 0 aliphatic heterocycles. The van der Waals surface area contributed by atoms with E-state index in [2.05, 4.69) is 35.8 Å². The number of hydrazine groups is 1. The second-order valence-electron chi connectivity index (χ2n) is 5.01. The van der Waals surface area contributed by atoms with Crippen molar-refractivity contribution in [1.82, 2.24) is 10.3 Å². The van der Waals surface area contributed by atoms with Crippen molar-refractivity contribution in [1.29, 1.82) is 0 Å². The highest BCUT2D eigenvalue weighted by molar-refractivity contribution is 8.00. The fourth-order valence-electron chi connectivity index (χ4n) is 2.18. The maximum Gasteiger partial charge on any atom is 0.251 e. The Kier molecular flexibility index (Phi) is 6.98. The molecule has 1 heterocycles. The highest BCUT2D eigenvalue weighted by Gasteiger charge is 2.25. The summed E-state index contributed by atoms with van der Waals surface area (Å²) in [5, 5.41) is 3.04. The van der Waals surface area contributed by atoms with Crippen molar-refractivity contribution in [2.75, 3.05) is 18.2 Å². The van der Waals surface area contributed by atoms with Crippen LogP contribution in [0.1, 0.15) is 49.7 Å². The maximum atomic E-state index is 12.4. The topological polar surface area (TPSA) is 80.0 Å². The lowest BCUT2D eigenvalue weighted by Crippen LogP contribution is -2.39. The van der Waals surface area contributed by atoms with E-state index in [0.717, 1.165) is 25.0 Å². The van der Waals surface area contributed by atoms with Crippen LogP contribution in [0, 0.1) is 0 Å². The van der Waals surface area contributed by atoms with Crippen LogP contribution in [0.5, 0.6) is 0 Å². The van der Waals surface area contributed by atoms with Crippen molar-refractivity contribution in [2.24, 2.45) is 5.84 Å². The number of anilines is 1. The van der Waals surface area contributed by atoms with E-state index in [-0.39, 0.29) is 10.7 Å². The minimum absolute atomic E-state index is 0.0797. The van der Waals surface area contributed by atoms with Gasteiger partial charge in [0.2, 0.25) is 0 Å².